The number of methoxy groups -OCH3 is 1. The molecule has 1 fully saturated rings. The molecule has 2 nitrogen and oxygen atoms in total. The summed E-state index contributed by atoms with van der Waals surface area (Å²) >= 11 is 6.12. The van der Waals surface area contributed by atoms with Crippen LogP contribution >= 0.6 is 11.6 Å². The second-order valence-electron chi connectivity index (χ2n) is 4.41. The molecule has 2 unspecified atom stereocenters. The third-order valence-electron chi connectivity index (χ3n) is 3.64. The average Bonchev–Trinajstić information content (AvgIpc) is 2.76. The van der Waals surface area contributed by atoms with Crippen LogP contribution < -0.4 is 10.1 Å². The van der Waals surface area contributed by atoms with Crippen LogP contribution in [0, 0.1) is 5.92 Å². The lowest BCUT2D eigenvalue weighted by Crippen LogP contribution is -2.10. The first-order chi connectivity index (χ1) is 7.29. The molecule has 0 spiro atoms. The van der Waals surface area contributed by atoms with E-state index in [-0.39, 0.29) is 0 Å². The predicted molar refractivity (Wildman–Crippen MR) is 60.8 cm³/mol. The van der Waals surface area contributed by atoms with Gasteiger partial charge in [-0.1, -0.05) is 11.6 Å². The van der Waals surface area contributed by atoms with Crippen molar-refractivity contribution in [3.05, 3.63) is 28.3 Å². The average molecular weight is 224 g/mol. The number of nitrogens with one attached hydrogen (secondary N) is 1. The molecule has 3 rings (SSSR count). The quantitative estimate of drug-likeness (QED) is 0.788. The molecule has 2 atom stereocenters. The number of hydrogen-bond acceptors (Lipinski definition) is 2. The van der Waals surface area contributed by atoms with Gasteiger partial charge in [-0.2, -0.15) is 0 Å². The maximum absolute atomic E-state index is 6.12. The van der Waals surface area contributed by atoms with Gasteiger partial charge in [0.05, 0.1) is 12.1 Å². The Balaban J connectivity index is 2.07. The molecule has 0 saturated carbocycles. The highest BCUT2D eigenvalue weighted by Gasteiger charge is 2.36. The number of fused-ring (bicyclic) bond motifs is 3. The second-order valence-corrected chi connectivity index (χ2v) is 4.82. The van der Waals surface area contributed by atoms with Crippen molar-refractivity contribution in [2.75, 3.05) is 20.2 Å². The SMILES string of the molecule is COc1cc2c(cc1Cl)CC1CNCC21. The van der Waals surface area contributed by atoms with Crippen LogP contribution in [0.15, 0.2) is 12.1 Å². The van der Waals surface area contributed by atoms with Crippen molar-refractivity contribution in [3.63, 3.8) is 0 Å². The van der Waals surface area contributed by atoms with Gasteiger partial charge >= 0.3 is 0 Å². The Morgan fingerprint density at radius 2 is 2.27 bits per heavy atom. The Labute approximate surface area is 94.6 Å². The van der Waals surface area contributed by atoms with Gasteiger partial charge in [0.1, 0.15) is 5.75 Å². The highest BCUT2D eigenvalue weighted by atomic mass is 35.5. The van der Waals surface area contributed by atoms with Crippen LogP contribution in [0.3, 0.4) is 0 Å². The molecule has 2 aliphatic rings. The van der Waals surface area contributed by atoms with Crippen LogP contribution in [0.25, 0.3) is 0 Å². The van der Waals surface area contributed by atoms with Crippen molar-refractivity contribution in [2.45, 2.75) is 12.3 Å². The van der Waals surface area contributed by atoms with E-state index >= 15 is 0 Å². The van der Waals surface area contributed by atoms with Gasteiger partial charge in [0.25, 0.3) is 0 Å². The fraction of sp³-hybridized carbons (Fsp3) is 0.500. The molecular weight excluding hydrogens is 210 g/mol. The molecule has 1 N–H and O–H groups in total. The summed E-state index contributed by atoms with van der Waals surface area (Å²) in [6, 6.07) is 4.20. The third kappa shape index (κ3) is 1.35. The summed E-state index contributed by atoms with van der Waals surface area (Å²) in [7, 11) is 1.67. The van der Waals surface area contributed by atoms with Gasteiger partial charge in [-0.15, -0.1) is 0 Å². The van der Waals surface area contributed by atoms with E-state index in [2.05, 4.69) is 17.4 Å². The molecule has 0 bridgehead atoms. The van der Waals surface area contributed by atoms with Crippen molar-refractivity contribution < 1.29 is 4.74 Å². The zero-order valence-electron chi connectivity index (χ0n) is 8.72. The van der Waals surface area contributed by atoms with E-state index in [0.717, 1.165) is 36.2 Å². The molecule has 3 heteroatoms. The van der Waals surface area contributed by atoms with Crippen LogP contribution in [-0.2, 0) is 6.42 Å². The summed E-state index contributed by atoms with van der Waals surface area (Å²) in [5, 5.41) is 4.18. The maximum atomic E-state index is 6.12. The predicted octanol–water partition coefficient (Wildman–Crippen LogP) is 2.21. The zero-order valence-corrected chi connectivity index (χ0v) is 9.47. The normalized spacial score (nSPS) is 27.6. The van der Waals surface area contributed by atoms with Crippen molar-refractivity contribution in [3.8, 4) is 5.75 Å². The summed E-state index contributed by atoms with van der Waals surface area (Å²) in [6.45, 7) is 2.24. The first-order valence-electron chi connectivity index (χ1n) is 5.36. The minimum atomic E-state index is 0.672. The fourth-order valence-electron chi connectivity index (χ4n) is 2.88. The Hall–Kier alpha value is -0.730. The van der Waals surface area contributed by atoms with E-state index in [1.54, 1.807) is 7.11 Å². The third-order valence-corrected chi connectivity index (χ3v) is 3.93. The van der Waals surface area contributed by atoms with Gasteiger partial charge in [0.2, 0.25) is 0 Å². The van der Waals surface area contributed by atoms with E-state index < -0.39 is 0 Å². The van der Waals surface area contributed by atoms with Crippen LogP contribution in [0.4, 0.5) is 0 Å². The van der Waals surface area contributed by atoms with E-state index in [1.165, 1.54) is 11.1 Å². The Kier molecular flexibility index (Phi) is 2.15. The largest absolute Gasteiger partial charge is 0.495 e. The number of rotatable bonds is 1. The Morgan fingerprint density at radius 3 is 3.07 bits per heavy atom. The number of halogens is 1. The summed E-state index contributed by atoms with van der Waals surface area (Å²) in [6.07, 6.45) is 1.16. The van der Waals surface area contributed by atoms with Crippen molar-refractivity contribution in [2.24, 2.45) is 5.92 Å². The summed E-state index contributed by atoms with van der Waals surface area (Å²) in [5.41, 5.74) is 2.85. The van der Waals surface area contributed by atoms with Crippen molar-refractivity contribution >= 4 is 11.6 Å². The highest BCUT2D eigenvalue weighted by Crippen LogP contribution is 2.43. The van der Waals surface area contributed by atoms with Crippen LogP contribution in [0.1, 0.15) is 17.0 Å². The van der Waals surface area contributed by atoms with E-state index in [1.807, 2.05) is 0 Å². The van der Waals surface area contributed by atoms with E-state index in [9.17, 15) is 0 Å². The number of ether oxygens (including phenoxy) is 1. The molecule has 1 aliphatic heterocycles. The van der Waals surface area contributed by atoms with Crippen molar-refractivity contribution in [1.82, 2.24) is 5.32 Å². The first-order valence-corrected chi connectivity index (χ1v) is 5.74. The molecule has 1 saturated heterocycles. The Bertz CT molecular complexity index is 405. The number of hydrogen-bond donors (Lipinski definition) is 1. The monoisotopic (exact) mass is 223 g/mol. The van der Waals surface area contributed by atoms with Crippen LogP contribution in [0.5, 0.6) is 5.75 Å². The lowest BCUT2D eigenvalue weighted by atomic mass is 9.96. The molecule has 1 aromatic rings. The molecular formula is C12H14ClNO. The highest BCUT2D eigenvalue weighted by molar-refractivity contribution is 6.32. The van der Waals surface area contributed by atoms with Gasteiger partial charge in [-0.3, -0.25) is 0 Å². The maximum Gasteiger partial charge on any atom is 0.137 e. The zero-order chi connectivity index (χ0) is 10.4. The molecule has 0 amide bonds. The van der Waals surface area contributed by atoms with Gasteiger partial charge < -0.3 is 10.1 Å². The molecule has 80 valence electrons. The van der Waals surface area contributed by atoms with Crippen LogP contribution in [-0.4, -0.2) is 20.2 Å². The molecule has 0 radical (unpaired) electrons. The minimum absolute atomic E-state index is 0.672. The molecule has 0 aromatic heterocycles. The van der Waals surface area contributed by atoms with Crippen LogP contribution in [0.2, 0.25) is 5.02 Å². The van der Waals surface area contributed by atoms with Gasteiger partial charge in [-0.05, 0) is 42.1 Å². The first kappa shape index (κ1) is 9.49. The number of benzene rings is 1. The topological polar surface area (TPSA) is 21.3 Å². The minimum Gasteiger partial charge on any atom is -0.495 e. The van der Waals surface area contributed by atoms with Gasteiger partial charge in [-0.25, -0.2) is 0 Å². The summed E-state index contributed by atoms with van der Waals surface area (Å²) < 4.78 is 5.27. The lowest BCUT2D eigenvalue weighted by molar-refractivity contribution is 0.414. The molecule has 1 aromatic carbocycles. The molecule has 15 heavy (non-hydrogen) atoms. The van der Waals surface area contributed by atoms with Gasteiger partial charge in [0, 0.05) is 12.5 Å². The smallest absolute Gasteiger partial charge is 0.137 e. The summed E-state index contributed by atoms with van der Waals surface area (Å²) in [4.78, 5) is 0. The molecule has 1 heterocycles. The second kappa shape index (κ2) is 3.39. The summed E-state index contributed by atoms with van der Waals surface area (Å²) in [5.74, 6) is 2.25. The van der Waals surface area contributed by atoms with E-state index in [4.69, 9.17) is 16.3 Å². The standard InChI is InChI=1S/C12H14ClNO/c1-15-12-4-9-7(3-11(12)13)2-8-5-14-6-10(8)9/h3-4,8,10,14H,2,5-6H2,1H3. The fourth-order valence-corrected chi connectivity index (χ4v) is 3.15. The molecule has 1 aliphatic carbocycles. The van der Waals surface area contributed by atoms with Gasteiger partial charge in [0.15, 0.2) is 0 Å². The Morgan fingerprint density at radius 1 is 1.40 bits per heavy atom. The van der Waals surface area contributed by atoms with E-state index in [0.29, 0.717) is 5.92 Å². The van der Waals surface area contributed by atoms with Crippen molar-refractivity contribution in [1.29, 1.82) is 0 Å². The lowest BCUT2D eigenvalue weighted by Gasteiger charge is -2.10.